The van der Waals surface area contributed by atoms with Crippen LogP contribution < -0.4 is 20.1 Å². The Kier molecular flexibility index (Phi) is 7.56. The highest BCUT2D eigenvalue weighted by Gasteiger charge is 2.19. The van der Waals surface area contributed by atoms with Crippen LogP contribution in [0.4, 0.5) is 11.4 Å². The van der Waals surface area contributed by atoms with Crippen molar-refractivity contribution in [2.45, 2.75) is 13.8 Å². The Morgan fingerprint density at radius 2 is 1.50 bits per heavy atom. The van der Waals surface area contributed by atoms with Gasteiger partial charge in [-0.1, -0.05) is 24.3 Å². The fourth-order valence-electron chi connectivity index (χ4n) is 3.17. The summed E-state index contributed by atoms with van der Waals surface area (Å²) in [6.45, 7) is 4.45. The van der Waals surface area contributed by atoms with E-state index < -0.39 is 0 Å². The zero-order chi connectivity index (χ0) is 23.9. The number of anilines is 2. The van der Waals surface area contributed by atoms with E-state index in [1.54, 1.807) is 53.1 Å². The highest BCUT2D eigenvalue weighted by molar-refractivity contribution is 7.20. The van der Waals surface area contributed by atoms with Crippen molar-refractivity contribution < 1.29 is 19.1 Å². The number of rotatable bonds is 9. The van der Waals surface area contributed by atoms with Gasteiger partial charge in [0, 0.05) is 23.1 Å². The second-order valence-electron chi connectivity index (χ2n) is 7.00. The van der Waals surface area contributed by atoms with Crippen LogP contribution >= 0.6 is 22.7 Å². The standard InChI is InChI=1S/C25H23N3O4S2/c1-3-31-20-14-18(27-24(30)19-15-34-25(28-19)22-11-8-12-33-22)21(32-4-2)13-17(20)26-23(29)16-9-6-5-7-10-16/h5-15H,3-4H2,1-2H3,(H,26,29)(H,27,30). The van der Waals surface area contributed by atoms with E-state index >= 15 is 0 Å². The summed E-state index contributed by atoms with van der Waals surface area (Å²) >= 11 is 2.99. The molecule has 0 radical (unpaired) electrons. The summed E-state index contributed by atoms with van der Waals surface area (Å²) in [7, 11) is 0. The molecule has 0 saturated heterocycles. The van der Waals surface area contributed by atoms with Crippen LogP contribution in [0.25, 0.3) is 9.88 Å². The lowest BCUT2D eigenvalue weighted by Gasteiger charge is -2.17. The zero-order valence-corrected chi connectivity index (χ0v) is 20.3. The molecule has 0 aliphatic rings. The third kappa shape index (κ3) is 5.44. The Hall–Kier alpha value is -3.69. The van der Waals surface area contributed by atoms with Crippen LogP contribution in [0.2, 0.25) is 0 Å². The molecule has 2 N–H and O–H groups in total. The van der Waals surface area contributed by atoms with Crippen molar-refractivity contribution in [1.29, 1.82) is 0 Å². The van der Waals surface area contributed by atoms with Crippen molar-refractivity contribution in [2.24, 2.45) is 0 Å². The number of thiazole rings is 1. The number of ether oxygens (including phenoxy) is 2. The number of nitrogens with zero attached hydrogens (tertiary/aromatic N) is 1. The largest absolute Gasteiger partial charge is 0.492 e. The van der Waals surface area contributed by atoms with Crippen LogP contribution in [0, 0.1) is 0 Å². The average molecular weight is 494 g/mol. The smallest absolute Gasteiger partial charge is 0.275 e. The minimum atomic E-state index is -0.358. The number of carbonyl (C=O) groups is 2. The quantitative estimate of drug-likeness (QED) is 0.291. The molecule has 2 aromatic heterocycles. The molecule has 7 nitrogen and oxygen atoms in total. The maximum atomic E-state index is 12.9. The van der Waals surface area contributed by atoms with Crippen LogP contribution in [-0.4, -0.2) is 30.0 Å². The normalized spacial score (nSPS) is 10.5. The second kappa shape index (κ2) is 11.0. The molecule has 0 aliphatic heterocycles. The summed E-state index contributed by atoms with van der Waals surface area (Å²) in [5.41, 5.74) is 1.71. The van der Waals surface area contributed by atoms with E-state index in [2.05, 4.69) is 15.6 Å². The Morgan fingerprint density at radius 3 is 2.09 bits per heavy atom. The third-order valence-corrected chi connectivity index (χ3v) is 6.56. The highest BCUT2D eigenvalue weighted by atomic mass is 32.1. The summed E-state index contributed by atoms with van der Waals surface area (Å²) in [5, 5.41) is 10.2. The van der Waals surface area contributed by atoms with Gasteiger partial charge in [-0.05, 0) is 37.4 Å². The molecule has 2 aromatic carbocycles. The molecule has 0 fully saturated rings. The van der Waals surface area contributed by atoms with Gasteiger partial charge in [0.15, 0.2) is 0 Å². The Labute approximate surface area is 205 Å². The molecule has 174 valence electrons. The van der Waals surface area contributed by atoms with Crippen LogP contribution in [0.1, 0.15) is 34.7 Å². The van der Waals surface area contributed by atoms with Crippen LogP contribution in [0.3, 0.4) is 0 Å². The summed E-state index contributed by atoms with van der Waals surface area (Å²) in [6.07, 6.45) is 0. The van der Waals surface area contributed by atoms with Gasteiger partial charge in [0.1, 0.15) is 22.2 Å². The van der Waals surface area contributed by atoms with Crippen molar-refractivity contribution in [3.05, 3.63) is 76.6 Å². The van der Waals surface area contributed by atoms with Gasteiger partial charge in [0.25, 0.3) is 11.8 Å². The maximum Gasteiger partial charge on any atom is 0.275 e. The molecular weight excluding hydrogens is 470 g/mol. The average Bonchev–Trinajstić information content (AvgIpc) is 3.55. The summed E-state index contributed by atoms with van der Waals surface area (Å²) < 4.78 is 11.5. The second-order valence-corrected chi connectivity index (χ2v) is 8.81. The monoisotopic (exact) mass is 493 g/mol. The summed E-state index contributed by atoms with van der Waals surface area (Å²) in [6, 6.07) is 16.1. The summed E-state index contributed by atoms with van der Waals surface area (Å²) in [5.74, 6) is 0.201. The van der Waals surface area contributed by atoms with E-state index in [9.17, 15) is 9.59 Å². The molecule has 2 heterocycles. The number of nitrogens with one attached hydrogen (secondary N) is 2. The van der Waals surface area contributed by atoms with E-state index in [1.807, 2.05) is 37.4 Å². The molecule has 34 heavy (non-hydrogen) atoms. The van der Waals surface area contributed by atoms with E-state index in [1.165, 1.54) is 11.3 Å². The van der Waals surface area contributed by atoms with Crippen LogP contribution in [0.15, 0.2) is 65.4 Å². The van der Waals surface area contributed by atoms with Gasteiger partial charge >= 0.3 is 0 Å². The number of aromatic nitrogens is 1. The molecule has 4 aromatic rings. The number of thiophene rings is 1. The molecule has 9 heteroatoms. The molecule has 2 amide bonds. The fourth-order valence-corrected chi connectivity index (χ4v) is 4.78. The fraction of sp³-hybridized carbons (Fsp3) is 0.160. The number of amides is 2. The number of hydrogen-bond donors (Lipinski definition) is 2. The van der Waals surface area contributed by atoms with Crippen LogP contribution in [0.5, 0.6) is 11.5 Å². The maximum absolute atomic E-state index is 12.9. The number of hydrogen-bond acceptors (Lipinski definition) is 7. The van der Waals surface area contributed by atoms with Gasteiger partial charge in [-0.25, -0.2) is 4.98 Å². The number of benzene rings is 2. The molecule has 0 unspecified atom stereocenters. The van der Waals surface area contributed by atoms with Gasteiger partial charge in [-0.3, -0.25) is 9.59 Å². The Morgan fingerprint density at radius 1 is 0.853 bits per heavy atom. The Bertz CT molecular complexity index is 1270. The van der Waals surface area contributed by atoms with E-state index in [-0.39, 0.29) is 11.8 Å². The predicted octanol–water partition coefficient (Wildman–Crippen LogP) is 6.17. The molecule has 4 rings (SSSR count). The third-order valence-electron chi connectivity index (χ3n) is 4.68. The van der Waals surface area contributed by atoms with E-state index in [0.717, 1.165) is 9.88 Å². The zero-order valence-electron chi connectivity index (χ0n) is 18.7. The van der Waals surface area contributed by atoms with E-state index in [4.69, 9.17) is 9.47 Å². The van der Waals surface area contributed by atoms with Gasteiger partial charge in [0.05, 0.1) is 29.5 Å². The van der Waals surface area contributed by atoms with E-state index in [0.29, 0.717) is 47.3 Å². The minimum absolute atomic E-state index is 0.274. The number of carbonyl (C=O) groups excluding carboxylic acids is 2. The van der Waals surface area contributed by atoms with Crippen molar-refractivity contribution in [3.8, 4) is 21.4 Å². The van der Waals surface area contributed by atoms with Gasteiger partial charge in [-0.2, -0.15) is 0 Å². The molecule has 0 spiro atoms. The van der Waals surface area contributed by atoms with Gasteiger partial charge in [-0.15, -0.1) is 22.7 Å². The Balaban J connectivity index is 1.60. The first-order valence-corrected chi connectivity index (χ1v) is 12.5. The molecule has 0 saturated carbocycles. The lowest BCUT2D eigenvalue weighted by atomic mass is 10.2. The molecular formula is C25H23N3O4S2. The predicted molar refractivity (Wildman–Crippen MR) is 137 cm³/mol. The van der Waals surface area contributed by atoms with Crippen molar-refractivity contribution in [1.82, 2.24) is 4.98 Å². The first-order chi connectivity index (χ1) is 16.6. The van der Waals surface area contributed by atoms with Gasteiger partial charge < -0.3 is 20.1 Å². The first-order valence-electron chi connectivity index (χ1n) is 10.7. The molecule has 0 bridgehead atoms. The van der Waals surface area contributed by atoms with Gasteiger partial charge in [0.2, 0.25) is 0 Å². The SMILES string of the molecule is CCOc1cc(NC(=O)c2csc(-c3cccs3)n2)c(OCC)cc1NC(=O)c1ccccc1. The minimum Gasteiger partial charge on any atom is -0.492 e. The lowest BCUT2D eigenvalue weighted by Crippen LogP contribution is -2.16. The van der Waals surface area contributed by atoms with Crippen LogP contribution in [-0.2, 0) is 0 Å². The first kappa shape index (κ1) is 23.5. The highest BCUT2D eigenvalue weighted by Crippen LogP contribution is 2.37. The van der Waals surface area contributed by atoms with Crippen molar-refractivity contribution in [3.63, 3.8) is 0 Å². The lowest BCUT2D eigenvalue weighted by molar-refractivity contribution is 0.101. The topological polar surface area (TPSA) is 89.6 Å². The van der Waals surface area contributed by atoms with Crippen molar-refractivity contribution in [2.75, 3.05) is 23.8 Å². The summed E-state index contributed by atoms with van der Waals surface area (Å²) in [4.78, 5) is 31.1. The molecule has 0 atom stereocenters. The molecule has 0 aliphatic carbocycles. The van der Waals surface area contributed by atoms with Crippen molar-refractivity contribution >= 4 is 45.9 Å².